The number of aromatic nitrogens is 1. The Morgan fingerprint density at radius 2 is 2.25 bits per heavy atom. The van der Waals surface area contributed by atoms with Gasteiger partial charge in [0, 0.05) is 18.3 Å². The van der Waals surface area contributed by atoms with Crippen molar-refractivity contribution in [2.24, 2.45) is 5.73 Å². The number of nitrogens with one attached hydrogen (secondary N) is 1. The van der Waals surface area contributed by atoms with E-state index in [1.807, 2.05) is 0 Å². The second kappa shape index (κ2) is 4.30. The lowest BCUT2D eigenvalue weighted by Crippen LogP contribution is -2.39. The second-order valence-electron chi connectivity index (χ2n) is 3.80. The van der Waals surface area contributed by atoms with Gasteiger partial charge in [0.1, 0.15) is 5.69 Å². The summed E-state index contributed by atoms with van der Waals surface area (Å²) in [6.45, 7) is 0. The van der Waals surface area contributed by atoms with Crippen molar-refractivity contribution >= 4 is 11.8 Å². The van der Waals surface area contributed by atoms with Crippen LogP contribution < -0.4 is 11.1 Å². The molecule has 0 saturated heterocycles. The Balaban J connectivity index is 2.09. The van der Waals surface area contributed by atoms with Crippen LogP contribution in [0.2, 0.25) is 0 Å². The highest BCUT2D eigenvalue weighted by atomic mass is 16.2. The molecule has 2 amide bonds. The van der Waals surface area contributed by atoms with Crippen LogP contribution in [0.25, 0.3) is 0 Å². The number of hydrogen-bond acceptors (Lipinski definition) is 3. The minimum Gasteiger partial charge on any atom is -0.364 e. The lowest BCUT2D eigenvalue weighted by Gasteiger charge is -2.26. The number of carbonyl (C=O) groups is 2. The summed E-state index contributed by atoms with van der Waals surface area (Å²) in [7, 11) is 0. The zero-order valence-corrected chi connectivity index (χ0v) is 8.69. The van der Waals surface area contributed by atoms with E-state index in [0.717, 1.165) is 19.3 Å². The van der Waals surface area contributed by atoms with E-state index in [1.165, 1.54) is 12.3 Å². The minimum atomic E-state index is -0.682. The second-order valence-corrected chi connectivity index (χ2v) is 3.80. The summed E-state index contributed by atoms with van der Waals surface area (Å²) in [4.78, 5) is 26.3. The molecule has 1 saturated carbocycles. The van der Waals surface area contributed by atoms with E-state index in [2.05, 4.69) is 16.4 Å². The van der Waals surface area contributed by atoms with Crippen LogP contribution >= 0.6 is 0 Å². The molecule has 1 radical (unpaired) electrons. The van der Waals surface area contributed by atoms with Gasteiger partial charge in [-0.2, -0.15) is 0 Å². The topological polar surface area (TPSA) is 85.1 Å². The molecule has 1 aliphatic rings. The first-order valence-electron chi connectivity index (χ1n) is 5.16. The van der Waals surface area contributed by atoms with Crippen molar-refractivity contribution in [3.05, 3.63) is 29.6 Å². The Labute approximate surface area is 93.0 Å². The molecule has 0 aliphatic heterocycles. The van der Waals surface area contributed by atoms with Gasteiger partial charge in [0.15, 0.2) is 0 Å². The van der Waals surface area contributed by atoms with Crippen LogP contribution in [0.1, 0.15) is 40.1 Å². The Morgan fingerprint density at radius 3 is 2.81 bits per heavy atom. The van der Waals surface area contributed by atoms with Gasteiger partial charge in [0.05, 0.1) is 5.56 Å². The number of carbonyl (C=O) groups excluding carboxylic acids is 2. The van der Waals surface area contributed by atoms with Crippen molar-refractivity contribution in [3.63, 3.8) is 0 Å². The predicted octanol–water partition coefficient (Wildman–Crippen LogP) is 0.263. The standard InChI is InChI=1S/C11H12N3O2/c12-10(15)9-6-7(4-5-13-9)11(16)14-8-2-1-3-8/h4-5,8H,1-3H2,(H2,12,15)(H,14,16). The van der Waals surface area contributed by atoms with Crippen LogP contribution in [0, 0.1) is 6.07 Å². The van der Waals surface area contributed by atoms with E-state index in [0.29, 0.717) is 5.56 Å². The molecule has 1 aromatic heterocycles. The van der Waals surface area contributed by atoms with Crippen molar-refractivity contribution in [1.29, 1.82) is 0 Å². The van der Waals surface area contributed by atoms with Crippen LogP contribution in [0.5, 0.6) is 0 Å². The van der Waals surface area contributed by atoms with Crippen LogP contribution in [0.3, 0.4) is 0 Å². The summed E-state index contributed by atoms with van der Waals surface area (Å²) < 4.78 is 0. The fraction of sp³-hybridized carbons (Fsp3) is 0.364. The number of primary amides is 1. The number of nitrogens with two attached hydrogens (primary N) is 1. The van der Waals surface area contributed by atoms with E-state index >= 15 is 0 Å². The van der Waals surface area contributed by atoms with Crippen molar-refractivity contribution < 1.29 is 9.59 Å². The molecule has 3 N–H and O–H groups in total. The highest BCUT2D eigenvalue weighted by Gasteiger charge is 2.20. The van der Waals surface area contributed by atoms with Gasteiger partial charge in [-0.25, -0.2) is 0 Å². The maximum absolute atomic E-state index is 11.7. The lowest BCUT2D eigenvalue weighted by molar-refractivity contribution is 0.0916. The van der Waals surface area contributed by atoms with Crippen LogP contribution in [-0.4, -0.2) is 22.8 Å². The van der Waals surface area contributed by atoms with E-state index < -0.39 is 5.91 Å². The van der Waals surface area contributed by atoms with E-state index in [4.69, 9.17) is 5.73 Å². The number of nitrogens with zero attached hydrogens (tertiary/aromatic N) is 1. The Kier molecular flexibility index (Phi) is 2.85. The maximum atomic E-state index is 11.7. The zero-order chi connectivity index (χ0) is 11.5. The fourth-order valence-corrected chi connectivity index (χ4v) is 1.46. The quantitative estimate of drug-likeness (QED) is 0.763. The number of amides is 2. The molecule has 0 atom stereocenters. The summed E-state index contributed by atoms with van der Waals surface area (Å²) in [5, 5.41) is 2.85. The Bertz CT molecular complexity index is 427. The van der Waals surface area contributed by atoms with Gasteiger partial charge in [-0.05, 0) is 25.3 Å². The number of rotatable bonds is 3. The van der Waals surface area contributed by atoms with E-state index in [-0.39, 0.29) is 17.6 Å². The molecule has 5 nitrogen and oxygen atoms in total. The maximum Gasteiger partial charge on any atom is 0.267 e. The fourth-order valence-electron chi connectivity index (χ4n) is 1.46. The normalized spacial score (nSPS) is 15.2. The lowest BCUT2D eigenvalue weighted by atomic mass is 9.93. The first kappa shape index (κ1) is 10.6. The van der Waals surface area contributed by atoms with Crippen molar-refractivity contribution in [2.45, 2.75) is 25.3 Å². The Hall–Kier alpha value is -1.91. The molecule has 0 unspecified atom stereocenters. The summed E-state index contributed by atoms with van der Waals surface area (Å²) in [6.07, 6.45) is 4.56. The summed E-state index contributed by atoms with van der Waals surface area (Å²) in [5.74, 6) is -0.909. The van der Waals surface area contributed by atoms with Gasteiger partial charge in [-0.3, -0.25) is 14.6 Å². The van der Waals surface area contributed by atoms with Gasteiger partial charge in [-0.15, -0.1) is 0 Å². The summed E-state index contributed by atoms with van der Waals surface area (Å²) >= 11 is 0. The molecule has 1 aliphatic carbocycles. The highest BCUT2D eigenvalue weighted by molar-refractivity contribution is 5.97. The van der Waals surface area contributed by atoms with Gasteiger partial charge in [-0.1, -0.05) is 0 Å². The zero-order valence-electron chi connectivity index (χ0n) is 8.69. The summed E-state index contributed by atoms with van der Waals surface area (Å²) in [6, 6.07) is 4.37. The monoisotopic (exact) mass is 218 g/mol. The molecule has 16 heavy (non-hydrogen) atoms. The predicted molar refractivity (Wildman–Crippen MR) is 56.7 cm³/mol. The average molecular weight is 218 g/mol. The molecular formula is C11H12N3O2. The van der Waals surface area contributed by atoms with E-state index in [9.17, 15) is 9.59 Å². The highest BCUT2D eigenvalue weighted by Crippen LogP contribution is 2.18. The largest absolute Gasteiger partial charge is 0.364 e. The van der Waals surface area contributed by atoms with Crippen molar-refractivity contribution in [2.75, 3.05) is 0 Å². The third kappa shape index (κ3) is 2.18. The summed E-state index contributed by atoms with van der Waals surface area (Å²) in [5.41, 5.74) is 5.35. The number of pyridine rings is 1. The van der Waals surface area contributed by atoms with Gasteiger partial charge >= 0.3 is 0 Å². The van der Waals surface area contributed by atoms with Gasteiger partial charge in [0.2, 0.25) is 0 Å². The average Bonchev–Trinajstić information content (AvgIpc) is 2.23. The molecule has 1 fully saturated rings. The SMILES string of the molecule is NC(=O)c1[c]c(C(=O)NC2CCC2)ccn1. The minimum absolute atomic E-state index is 0.0127. The van der Waals surface area contributed by atoms with Crippen LogP contribution in [0.4, 0.5) is 0 Å². The molecular weight excluding hydrogens is 206 g/mol. The molecule has 2 rings (SSSR count). The molecule has 0 spiro atoms. The first-order chi connectivity index (χ1) is 7.66. The van der Waals surface area contributed by atoms with Crippen molar-refractivity contribution in [1.82, 2.24) is 10.3 Å². The van der Waals surface area contributed by atoms with E-state index in [1.54, 1.807) is 0 Å². The van der Waals surface area contributed by atoms with Crippen molar-refractivity contribution in [3.8, 4) is 0 Å². The van der Waals surface area contributed by atoms with Gasteiger partial charge in [0.25, 0.3) is 11.8 Å². The smallest absolute Gasteiger partial charge is 0.267 e. The number of hydrogen-bond donors (Lipinski definition) is 2. The third-order valence-electron chi connectivity index (χ3n) is 2.62. The molecule has 1 heterocycles. The molecule has 0 aromatic carbocycles. The Morgan fingerprint density at radius 1 is 1.50 bits per heavy atom. The molecule has 0 bridgehead atoms. The molecule has 83 valence electrons. The third-order valence-corrected chi connectivity index (χ3v) is 2.62. The van der Waals surface area contributed by atoms with Gasteiger partial charge < -0.3 is 11.1 Å². The molecule has 1 aromatic rings. The molecule has 5 heteroatoms. The van der Waals surface area contributed by atoms with Crippen LogP contribution in [-0.2, 0) is 0 Å². The van der Waals surface area contributed by atoms with Crippen LogP contribution in [0.15, 0.2) is 12.3 Å². The first-order valence-corrected chi connectivity index (χ1v) is 5.16.